The van der Waals surface area contributed by atoms with E-state index in [9.17, 15) is 9.59 Å². The Morgan fingerprint density at radius 1 is 1.56 bits per heavy atom. The van der Waals surface area contributed by atoms with E-state index < -0.39 is 17.6 Å². The Morgan fingerprint density at radius 3 is 1.89 bits per heavy atom. The number of hydrogen-bond acceptors (Lipinski definition) is 2. The van der Waals surface area contributed by atoms with Crippen molar-refractivity contribution in [3.05, 3.63) is 0 Å². The second-order valence-corrected chi connectivity index (χ2v) is 1.63. The number of rotatable bonds is 2. The van der Waals surface area contributed by atoms with Crippen molar-refractivity contribution < 1.29 is 16.1 Å². The van der Waals surface area contributed by atoms with E-state index in [-0.39, 0.29) is 29.6 Å². The Bertz CT molecular complexity index is 149. The first-order chi connectivity index (χ1) is 3.85. The molecule has 0 rings (SSSR count). The van der Waals surface area contributed by atoms with E-state index in [1.54, 1.807) is 0 Å². The van der Waals surface area contributed by atoms with Gasteiger partial charge in [0.25, 0.3) is 0 Å². The molecule has 0 saturated heterocycles. The second-order valence-electron chi connectivity index (χ2n) is 1.63. The van der Waals surface area contributed by atoms with Crippen LogP contribution in [0.3, 0.4) is 0 Å². The third-order valence-electron chi connectivity index (χ3n) is 0.648. The van der Waals surface area contributed by atoms with Gasteiger partial charge in [-0.3, -0.25) is 4.79 Å². The summed E-state index contributed by atoms with van der Waals surface area (Å²) >= 11 is 0. The van der Waals surface area contributed by atoms with Crippen LogP contribution in [0.4, 0.5) is 0 Å². The fraction of sp³-hybridized carbons (Fsp3) is 0.600. The Kier molecular flexibility index (Phi) is 5.04. The van der Waals surface area contributed by atoms with Crippen LogP contribution in [0.15, 0.2) is 0 Å². The van der Waals surface area contributed by atoms with Crippen LogP contribution in [0, 0.1) is 5.89 Å². The molecule has 4 heteroatoms. The fourth-order valence-electron chi connectivity index (χ4n) is 0.214. The molecule has 0 fully saturated rings. The Hall–Kier alpha value is 0.140. The van der Waals surface area contributed by atoms with E-state index in [1.807, 2.05) is 0 Å². The predicted molar refractivity (Wildman–Crippen MR) is 34.6 cm³/mol. The summed E-state index contributed by atoms with van der Waals surface area (Å²) in [7, 11) is 0. The van der Waals surface area contributed by atoms with Crippen LogP contribution in [0.5, 0.6) is 0 Å². The zero-order valence-electron chi connectivity index (χ0n) is 5.76. The average Bonchev–Trinajstić information content (AvgIpc) is 1.62. The molecular formula is C5H9NaO3. The summed E-state index contributed by atoms with van der Waals surface area (Å²) in [5.74, 6) is -4.14. The molecule has 48 valence electrons. The molecule has 0 saturated carbocycles. The molecule has 0 heterocycles. The maximum absolute atomic E-state index is 10.4. The minimum absolute atomic E-state index is 0. The molecule has 1 N–H and O–H groups in total. The van der Waals surface area contributed by atoms with Gasteiger partial charge in [-0.15, -0.1) is 0 Å². The number of carbonyl (C=O) groups excluding carboxylic acids is 1. The van der Waals surface area contributed by atoms with Crippen molar-refractivity contribution in [3.8, 4) is 0 Å². The quantitative estimate of drug-likeness (QED) is 0.329. The molecule has 0 aromatic rings. The van der Waals surface area contributed by atoms with Gasteiger partial charge in [0.05, 0.1) is 0 Å². The number of carbonyl (C=O) groups is 2. The topological polar surface area (TPSA) is 54.4 Å². The zero-order valence-corrected chi connectivity index (χ0v) is 4.76. The van der Waals surface area contributed by atoms with Gasteiger partial charge in [0.15, 0.2) is 0 Å². The number of Topliss-reactive ketones (excluding diaryl/α,β-unsaturated/α-hetero) is 1. The fourth-order valence-corrected chi connectivity index (χ4v) is 0.214. The molecule has 0 bridgehead atoms. The molecule has 0 aliphatic rings. The molecule has 0 atom stereocenters. The van der Waals surface area contributed by atoms with Crippen molar-refractivity contribution >= 4 is 41.3 Å². The first-order valence-corrected chi connectivity index (χ1v) is 2.13. The summed E-state index contributed by atoms with van der Waals surface area (Å²) in [4.78, 5) is 20.3. The molecule has 0 unspecified atom stereocenters. The molecule has 0 amide bonds. The monoisotopic (exact) mass is 146 g/mol. The average molecular weight is 146 g/mol. The van der Waals surface area contributed by atoms with Gasteiger partial charge in [-0.1, -0.05) is 13.8 Å². The van der Waals surface area contributed by atoms with Gasteiger partial charge < -0.3 is 5.11 Å². The molecule has 9 heavy (non-hydrogen) atoms. The van der Waals surface area contributed by atoms with Crippen molar-refractivity contribution in [3.63, 3.8) is 0 Å². The molecule has 0 spiro atoms. The predicted octanol–water partition coefficient (Wildman–Crippen LogP) is -0.352. The summed E-state index contributed by atoms with van der Waals surface area (Å²) in [6.07, 6.45) is 0. The van der Waals surface area contributed by atoms with E-state index in [2.05, 4.69) is 0 Å². The van der Waals surface area contributed by atoms with Gasteiger partial charge in [0.2, 0.25) is 5.78 Å². The molecular weight excluding hydrogens is 136 g/mol. The normalized spacial score (nSPS) is 11.1. The summed E-state index contributed by atoms with van der Waals surface area (Å²) in [5, 5.41) is 8.05. The molecule has 0 aliphatic carbocycles. The minimum atomic E-state index is -1.55. The summed E-state index contributed by atoms with van der Waals surface area (Å²) < 4.78 is 6.94. The number of ketones is 1. The van der Waals surface area contributed by atoms with E-state index in [0.29, 0.717) is 0 Å². The third kappa shape index (κ3) is 4.63. The van der Waals surface area contributed by atoms with Crippen LogP contribution < -0.4 is 0 Å². The standard InChI is InChI=1S/C5H8O3.Na.H/c1-3(2)4(6)5(7)8;;/h3H,1-2H3,(H,7,8);;/i1+1,2+1,3+1D,4+1,5+1;;. The van der Waals surface area contributed by atoms with Gasteiger partial charge in [0.1, 0.15) is 0 Å². The van der Waals surface area contributed by atoms with Crippen LogP contribution in [0.25, 0.3) is 0 Å². The van der Waals surface area contributed by atoms with Crippen LogP contribution >= 0.6 is 0 Å². The van der Waals surface area contributed by atoms with Crippen molar-refractivity contribution in [2.75, 3.05) is 0 Å². The second kappa shape index (κ2) is 4.97. The molecule has 0 aliphatic heterocycles. The summed E-state index contributed by atoms with van der Waals surface area (Å²) in [6.45, 7) is 2.48. The van der Waals surface area contributed by atoms with Gasteiger partial charge >= 0.3 is 35.5 Å². The Balaban J connectivity index is 0. The zero-order chi connectivity index (χ0) is 7.65. The van der Waals surface area contributed by atoms with Crippen LogP contribution in [0.2, 0.25) is 0 Å². The van der Waals surface area contributed by atoms with E-state index in [1.165, 1.54) is 13.8 Å². The Labute approximate surface area is 77.1 Å². The molecule has 0 aromatic carbocycles. The third-order valence-corrected chi connectivity index (χ3v) is 0.648. The van der Waals surface area contributed by atoms with Crippen LogP contribution in [-0.2, 0) is 9.59 Å². The molecule has 0 aromatic heterocycles. The van der Waals surface area contributed by atoms with Crippen molar-refractivity contribution in [1.82, 2.24) is 0 Å². The maximum atomic E-state index is 10.4. The molecule has 0 radical (unpaired) electrons. The number of hydrogen-bond donors (Lipinski definition) is 1. The van der Waals surface area contributed by atoms with E-state index >= 15 is 0 Å². The van der Waals surface area contributed by atoms with Crippen molar-refractivity contribution in [2.24, 2.45) is 5.89 Å². The van der Waals surface area contributed by atoms with Gasteiger partial charge in [-0.05, 0) is 0 Å². The van der Waals surface area contributed by atoms with Crippen LogP contribution in [-0.4, -0.2) is 46.4 Å². The van der Waals surface area contributed by atoms with Gasteiger partial charge in [0, 0.05) is 7.26 Å². The number of carboxylic acid groups (broad SMARTS) is 1. The van der Waals surface area contributed by atoms with Crippen LogP contribution in [0.1, 0.15) is 15.2 Å². The van der Waals surface area contributed by atoms with E-state index in [0.717, 1.165) is 0 Å². The molecule has 3 nitrogen and oxygen atoms in total. The van der Waals surface area contributed by atoms with Gasteiger partial charge in [-0.25, -0.2) is 4.79 Å². The SMILES string of the molecule is [2H][13C]([13CH3])([13CH3])[13C](=O)[13C](=O)O.[NaH]. The summed E-state index contributed by atoms with van der Waals surface area (Å²) in [5.41, 5.74) is 0. The first kappa shape index (κ1) is 9.14. The summed E-state index contributed by atoms with van der Waals surface area (Å²) in [6, 6.07) is 0. The van der Waals surface area contributed by atoms with Crippen molar-refractivity contribution in [1.29, 1.82) is 0 Å². The van der Waals surface area contributed by atoms with Gasteiger partial charge in [-0.2, -0.15) is 0 Å². The van der Waals surface area contributed by atoms with E-state index in [4.69, 9.17) is 6.48 Å². The Morgan fingerprint density at radius 2 is 1.89 bits per heavy atom. The van der Waals surface area contributed by atoms with Crippen molar-refractivity contribution in [2.45, 2.75) is 13.8 Å². The first-order valence-electron chi connectivity index (χ1n) is 2.63. The number of aliphatic carboxylic acids is 1. The number of carboxylic acids is 1.